The van der Waals surface area contributed by atoms with Crippen LogP contribution in [0, 0.1) is 18.3 Å². The van der Waals surface area contributed by atoms with Gasteiger partial charge >= 0.3 is 5.69 Å². The second-order valence-electron chi connectivity index (χ2n) is 14.0. The number of nitrogen functional groups attached to an aromatic ring is 1. The standard InChI is InChI=1S/C38H44N8O4/c1-26-20-28(11-12-33(26)50-31-9-5-4-6-10-31)46-34-32(13-14-41-35(34)40)45(37(46)48)29-8-7-15-43(23-29)36(47)27(22-39)21-38(2,3)44-18-16-42(17-19-44)30-24-49-25-30/h4-6,9-14,20-21,29-30H,7-8,15-19,23-25H2,1-3H3,(H2,40,41). The molecule has 0 aliphatic carbocycles. The number of rotatable bonds is 8. The van der Waals surface area contributed by atoms with Crippen molar-refractivity contribution in [1.29, 1.82) is 5.26 Å². The van der Waals surface area contributed by atoms with Crippen molar-refractivity contribution in [2.45, 2.75) is 51.2 Å². The zero-order valence-corrected chi connectivity index (χ0v) is 28.9. The summed E-state index contributed by atoms with van der Waals surface area (Å²) in [5, 5.41) is 10.2. The quantitative estimate of drug-likeness (QED) is 0.214. The average molecular weight is 677 g/mol. The third-order valence-corrected chi connectivity index (χ3v) is 10.4. The van der Waals surface area contributed by atoms with Crippen LogP contribution in [-0.4, -0.2) is 98.8 Å². The molecule has 0 bridgehead atoms. The SMILES string of the molecule is Cc1cc(-n2c(=O)n(C3CCCN(C(=O)C(C#N)=CC(C)(C)N4CCN(C5COC5)CC4)C3)c3ccnc(N)c32)ccc1Oc1ccccc1. The van der Waals surface area contributed by atoms with E-state index < -0.39 is 5.54 Å². The molecule has 0 saturated carbocycles. The van der Waals surface area contributed by atoms with Gasteiger partial charge in [-0.3, -0.25) is 23.7 Å². The molecule has 7 rings (SSSR count). The number of para-hydroxylation sites is 1. The number of carbonyl (C=O) groups excluding carboxylic acids is 1. The molecule has 5 heterocycles. The molecule has 0 spiro atoms. The lowest BCUT2D eigenvalue weighted by Gasteiger charge is -2.46. The summed E-state index contributed by atoms with van der Waals surface area (Å²) in [5.74, 6) is 1.33. The maximum atomic E-state index is 14.4. The molecule has 3 saturated heterocycles. The number of amides is 1. The van der Waals surface area contributed by atoms with Crippen molar-refractivity contribution in [3.8, 4) is 23.3 Å². The molecular formula is C38H44N8O4. The van der Waals surface area contributed by atoms with Crippen molar-refractivity contribution in [2.24, 2.45) is 0 Å². The van der Waals surface area contributed by atoms with Crippen LogP contribution >= 0.6 is 0 Å². The van der Waals surface area contributed by atoms with E-state index >= 15 is 0 Å². The van der Waals surface area contributed by atoms with E-state index in [0.29, 0.717) is 54.4 Å². The first-order valence-electron chi connectivity index (χ1n) is 17.3. The Morgan fingerprint density at radius 1 is 1.06 bits per heavy atom. The van der Waals surface area contributed by atoms with Crippen molar-refractivity contribution in [3.05, 3.63) is 88.5 Å². The lowest BCUT2D eigenvalue weighted by molar-refractivity contribution is -0.128. The molecule has 1 unspecified atom stereocenters. The van der Waals surface area contributed by atoms with Crippen LogP contribution in [0.25, 0.3) is 16.7 Å². The Bertz CT molecular complexity index is 2020. The summed E-state index contributed by atoms with van der Waals surface area (Å²) in [6.07, 6.45) is 4.81. The first-order valence-corrected chi connectivity index (χ1v) is 17.3. The molecule has 3 aliphatic rings. The molecule has 3 fully saturated rings. The molecule has 2 N–H and O–H groups in total. The van der Waals surface area contributed by atoms with Gasteiger partial charge in [0, 0.05) is 51.0 Å². The van der Waals surface area contributed by atoms with Crippen molar-refractivity contribution in [1.82, 2.24) is 28.8 Å². The second kappa shape index (κ2) is 13.7. The highest BCUT2D eigenvalue weighted by Gasteiger charge is 2.35. The first-order chi connectivity index (χ1) is 24.1. The molecule has 260 valence electrons. The van der Waals surface area contributed by atoms with E-state index in [4.69, 9.17) is 15.2 Å². The van der Waals surface area contributed by atoms with E-state index in [-0.39, 0.29) is 29.0 Å². The van der Waals surface area contributed by atoms with Crippen molar-refractivity contribution >= 4 is 22.8 Å². The normalized spacial score (nSPS) is 19.7. The first kappa shape index (κ1) is 33.5. The summed E-state index contributed by atoms with van der Waals surface area (Å²) < 4.78 is 14.8. The number of nitrogens with two attached hydrogens (primary N) is 1. The van der Waals surface area contributed by atoms with E-state index in [9.17, 15) is 14.9 Å². The fraction of sp³-hybridized carbons (Fsp3) is 0.421. The Labute approximate surface area is 291 Å². The molecule has 0 radical (unpaired) electrons. The molecule has 2 aromatic heterocycles. The number of pyridine rings is 1. The van der Waals surface area contributed by atoms with E-state index in [2.05, 4.69) is 34.7 Å². The van der Waals surface area contributed by atoms with E-state index in [1.807, 2.05) is 61.5 Å². The Kier molecular flexibility index (Phi) is 9.22. The van der Waals surface area contributed by atoms with Gasteiger partial charge < -0.3 is 20.1 Å². The maximum Gasteiger partial charge on any atom is 0.334 e. The minimum absolute atomic E-state index is 0.127. The van der Waals surface area contributed by atoms with Gasteiger partial charge in [0.2, 0.25) is 0 Å². The van der Waals surface area contributed by atoms with Gasteiger partial charge in [-0.05, 0) is 81.7 Å². The number of likely N-dealkylation sites (tertiary alicyclic amines) is 1. The smallest absolute Gasteiger partial charge is 0.334 e. The molecule has 12 nitrogen and oxygen atoms in total. The number of imidazole rings is 1. The Morgan fingerprint density at radius 3 is 2.50 bits per heavy atom. The summed E-state index contributed by atoms with van der Waals surface area (Å²) in [5.41, 5.74) is 8.47. The van der Waals surface area contributed by atoms with Crippen LogP contribution in [0.4, 0.5) is 5.82 Å². The number of hydrogen-bond donors (Lipinski definition) is 1. The zero-order valence-electron chi connectivity index (χ0n) is 28.9. The largest absolute Gasteiger partial charge is 0.457 e. The fourth-order valence-corrected chi connectivity index (χ4v) is 7.49. The molecule has 3 aliphatic heterocycles. The van der Waals surface area contributed by atoms with Crippen LogP contribution in [0.1, 0.15) is 38.3 Å². The van der Waals surface area contributed by atoms with Gasteiger partial charge in [-0.1, -0.05) is 18.2 Å². The molecule has 50 heavy (non-hydrogen) atoms. The summed E-state index contributed by atoms with van der Waals surface area (Å²) >= 11 is 0. The number of anilines is 1. The van der Waals surface area contributed by atoms with Gasteiger partial charge in [0.05, 0.1) is 36.5 Å². The molecule has 1 amide bonds. The van der Waals surface area contributed by atoms with Gasteiger partial charge in [0.25, 0.3) is 5.91 Å². The minimum Gasteiger partial charge on any atom is -0.457 e. The van der Waals surface area contributed by atoms with E-state index in [0.717, 1.165) is 50.7 Å². The number of nitriles is 1. The monoisotopic (exact) mass is 676 g/mol. The van der Waals surface area contributed by atoms with Crippen molar-refractivity contribution in [3.63, 3.8) is 0 Å². The van der Waals surface area contributed by atoms with Gasteiger partial charge in [-0.25, -0.2) is 9.78 Å². The number of aromatic nitrogens is 3. The number of carbonyl (C=O) groups is 1. The van der Waals surface area contributed by atoms with E-state index in [1.165, 1.54) is 0 Å². The Hall–Kier alpha value is -4.96. The lowest BCUT2D eigenvalue weighted by atomic mass is 9.96. The zero-order chi connectivity index (χ0) is 35.0. The molecule has 2 aromatic carbocycles. The van der Waals surface area contributed by atoms with Crippen LogP contribution in [0.2, 0.25) is 0 Å². The van der Waals surface area contributed by atoms with Crippen LogP contribution in [0.5, 0.6) is 11.5 Å². The number of ether oxygens (including phenoxy) is 2. The number of benzene rings is 2. The van der Waals surface area contributed by atoms with Crippen LogP contribution < -0.4 is 16.2 Å². The third-order valence-electron chi connectivity index (χ3n) is 10.4. The highest BCUT2D eigenvalue weighted by molar-refractivity contribution is 5.97. The summed E-state index contributed by atoms with van der Waals surface area (Å²) in [6.45, 7) is 12.0. The van der Waals surface area contributed by atoms with Crippen molar-refractivity contribution in [2.75, 3.05) is 58.2 Å². The predicted molar refractivity (Wildman–Crippen MR) is 191 cm³/mol. The molecule has 4 aromatic rings. The Morgan fingerprint density at radius 2 is 1.82 bits per heavy atom. The van der Waals surface area contributed by atoms with Crippen LogP contribution in [0.15, 0.2) is 77.2 Å². The molecular weight excluding hydrogens is 632 g/mol. The number of nitrogens with zero attached hydrogens (tertiary/aromatic N) is 7. The van der Waals surface area contributed by atoms with E-state index in [1.54, 1.807) is 26.3 Å². The summed E-state index contributed by atoms with van der Waals surface area (Å²) in [7, 11) is 0. The molecule has 1 atom stereocenters. The number of piperazine rings is 1. The summed E-state index contributed by atoms with van der Waals surface area (Å²) in [4.78, 5) is 39.1. The minimum atomic E-state index is -0.479. The number of fused-ring (bicyclic) bond motifs is 1. The fourth-order valence-electron chi connectivity index (χ4n) is 7.49. The van der Waals surface area contributed by atoms with Crippen LogP contribution in [-0.2, 0) is 9.53 Å². The van der Waals surface area contributed by atoms with Crippen molar-refractivity contribution < 1.29 is 14.3 Å². The second-order valence-corrected chi connectivity index (χ2v) is 14.0. The highest BCUT2D eigenvalue weighted by Crippen LogP contribution is 2.32. The van der Waals surface area contributed by atoms with Gasteiger partial charge in [0.1, 0.15) is 34.5 Å². The maximum absolute atomic E-state index is 14.4. The van der Waals surface area contributed by atoms with Gasteiger partial charge in [-0.2, -0.15) is 5.26 Å². The number of aryl methyl sites for hydroxylation is 1. The lowest BCUT2D eigenvalue weighted by Crippen LogP contribution is -2.59. The molecule has 12 heteroatoms. The topological polar surface area (TPSA) is 135 Å². The summed E-state index contributed by atoms with van der Waals surface area (Å²) in [6, 6.07) is 19.3. The third kappa shape index (κ3) is 6.40. The van der Waals surface area contributed by atoms with Gasteiger partial charge in [0.15, 0.2) is 0 Å². The Balaban J connectivity index is 1.14. The number of hydrogen-bond acceptors (Lipinski definition) is 9. The highest BCUT2D eigenvalue weighted by atomic mass is 16.5. The van der Waals surface area contributed by atoms with Crippen LogP contribution in [0.3, 0.4) is 0 Å². The predicted octanol–water partition coefficient (Wildman–Crippen LogP) is 4.28. The average Bonchev–Trinajstić information content (AvgIpc) is 3.40. The van der Waals surface area contributed by atoms with Gasteiger partial charge in [-0.15, -0.1) is 0 Å². The number of piperidine rings is 1.